The summed E-state index contributed by atoms with van der Waals surface area (Å²) in [4.78, 5) is 12.5. The lowest BCUT2D eigenvalue weighted by molar-refractivity contribution is 0.0463. The SMILES string of the molecule is COC(C(=O)c1cccs1)C(C)C. The lowest BCUT2D eigenvalue weighted by Gasteiger charge is -2.16. The van der Waals surface area contributed by atoms with Gasteiger partial charge in [0.1, 0.15) is 6.10 Å². The third-order valence-electron chi connectivity index (χ3n) is 1.88. The zero-order chi connectivity index (χ0) is 9.84. The number of hydrogen-bond donors (Lipinski definition) is 0. The Morgan fingerprint density at radius 2 is 2.23 bits per heavy atom. The maximum absolute atomic E-state index is 11.8. The van der Waals surface area contributed by atoms with Crippen molar-refractivity contribution < 1.29 is 9.53 Å². The van der Waals surface area contributed by atoms with E-state index < -0.39 is 0 Å². The van der Waals surface area contributed by atoms with E-state index in [0.29, 0.717) is 0 Å². The summed E-state index contributed by atoms with van der Waals surface area (Å²) in [7, 11) is 1.58. The normalized spacial score (nSPS) is 13.2. The number of carbonyl (C=O) groups excluding carboxylic acids is 1. The first kappa shape index (κ1) is 10.4. The molecule has 0 amide bonds. The highest BCUT2D eigenvalue weighted by molar-refractivity contribution is 7.12. The van der Waals surface area contributed by atoms with Gasteiger partial charge in [-0.25, -0.2) is 0 Å². The second-order valence-electron chi connectivity index (χ2n) is 3.24. The number of carbonyl (C=O) groups is 1. The van der Waals surface area contributed by atoms with Crippen molar-refractivity contribution in [3.8, 4) is 0 Å². The Morgan fingerprint density at radius 3 is 2.62 bits per heavy atom. The first-order valence-corrected chi connectivity index (χ1v) is 5.15. The van der Waals surface area contributed by atoms with Crippen LogP contribution in [0.15, 0.2) is 17.5 Å². The fourth-order valence-corrected chi connectivity index (χ4v) is 1.93. The van der Waals surface area contributed by atoms with Crippen molar-refractivity contribution in [2.75, 3.05) is 7.11 Å². The average Bonchev–Trinajstić information content (AvgIpc) is 2.56. The van der Waals surface area contributed by atoms with E-state index in [4.69, 9.17) is 4.74 Å². The Balaban J connectivity index is 2.77. The molecular weight excluding hydrogens is 184 g/mol. The predicted octanol–water partition coefficient (Wildman–Crippen LogP) is 2.60. The predicted molar refractivity (Wildman–Crippen MR) is 54.3 cm³/mol. The molecule has 2 nitrogen and oxygen atoms in total. The van der Waals surface area contributed by atoms with Crippen LogP contribution >= 0.6 is 11.3 Å². The van der Waals surface area contributed by atoms with Crippen molar-refractivity contribution in [3.05, 3.63) is 22.4 Å². The molecular formula is C10H14O2S. The van der Waals surface area contributed by atoms with E-state index in [1.54, 1.807) is 7.11 Å². The van der Waals surface area contributed by atoms with E-state index in [0.717, 1.165) is 4.88 Å². The van der Waals surface area contributed by atoms with Gasteiger partial charge < -0.3 is 4.74 Å². The van der Waals surface area contributed by atoms with E-state index in [-0.39, 0.29) is 17.8 Å². The smallest absolute Gasteiger partial charge is 0.201 e. The van der Waals surface area contributed by atoms with Crippen molar-refractivity contribution in [2.45, 2.75) is 20.0 Å². The van der Waals surface area contributed by atoms with Crippen LogP contribution in [-0.2, 0) is 4.74 Å². The summed E-state index contributed by atoms with van der Waals surface area (Å²) in [5, 5.41) is 1.90. The summed E-state index contributed by atoms with van der Waals surface area (Å²) in [6.07, 6.45) is -0.307. The lowest BCUT2D eigenvalue weighted by atomic mass is 10.0. The van der Waals surface area contributed by atoms with Gasteiger partial charge in [0, 0.05) is 7.11 Å². The summed E-state index contributed by atoms with van der Waals surface area (Å²) < 4.78 is 5.15. The summed E-state index contributed by atoms with van der Waals surface area (Å²) in [5.41, 5.74) is 0. The number of rotatable bonds is 4. The molecule has 0 fully saturated rings. The van der Waals surface area contributed by atoms with Gasteiger partial charge in [0.2, 0.25) is 5.78 Å². The summed E-state index contributed by atoms with van der Waals surface area (Å²) in [6.45, 7) is 3.97. The highest BCUT2D eigenvalue weighted by Crippen LogP contribution is 2.17. The Hall–Kier alpha value is -0.670. The highest BCUT2D eigenvalue weighted by atomic mass is 32.1. The Morgan fingerprint density at radius 1 is 1.54 bits per heavy atom. The fraction of sp³-hybridized carbons (Fsp3) is 0.500. The number of hydrogen-bond acceptors (Lipinski definition) is 3. The minimum absolute atomic E-state index is 0.0903. The van der Waals surface area contributed by atoms with Crippen LogP contribution in [0.2, 0.25) is 0 Å². The van der Waals surface area contributed by atoms with Crippen LogP contribution < -0.4 is 0 Å². The third kappa shape index (κ3) is 2.39. The fourth-order valence-electron chi connectivity index (χ4n) is 1.24. The second-order valence-corrected chi connectivity index (χ2v) is 4.19. The van der Waals surface area contributed by atoms with Crippen molar-refractivity contribution in [1.82, 2.24) is 0 Å². The molecule has 1 atom stereocenters. The first-order valence-electron chi connectivity index (χ1n) is 4.27. The Labute approximate surface area is 82.5 Å². The molecule has 0 aliphatic carbocycles. The standard InChI is InChI=1S/C10H14O2S/c1-7(2)10(12-3)9(11)8-5-4-6-13-8/h4-7,10H,1-3H3. The molecule has 1 aromatic heterocycles. The van der Waals surface area contributed by atoms with Crippen LogP contribution in [0.4, 0.5) is 0 Å². The quantitative estimate of drug-likeness (QED) is 0.695. The van der Waals surface area contributed by atoms with Gasteiger partial charge in [-0.1, -0.05) is 19.9 Å². The van der Waals surface area contributed by atoms with Gasteiger partial charge >= 0.3 is 0 Å². The van der Waals surface area contributed by atoms with E-state index >= 15 is 0 Å². The maximum Gasteiger partial charge on any atom is 0.201 e. The van der Waals surface area contributed by atoms with E-state index in [1.165, 1.54) is 11.3 Å². The van der Waals surface area contributed by atoms with Gasteiger partial charge in [-0.15, -0.1) is 11.3 Å². The average molecular weight is 198 g/mol. The summed E-state index contributed by atoms with van der Waals surface area (Å²) in [6, 6.07) is 3.71. The molecule has 0 aliphatic heterocycles. The van der Waals surface area contributed by atoms with Gasteiger partial charge in [-0.3, -0.25) is 4.79 Å². The van der Waals surface area contributed by atoms with Gasteiger partial charge in [-0.05, 0) is 17.4 Å². The van der Waals surface area contributed by atoms with Crippen LogP contribution in [0.3, 0.4) is 0 Å². The third-order valence-corrected chi connectivity index (χ3v) is 2.77. The van der Waals surface area contributed by atoms with E-state index in [2.05, 4.69) is 0 Å². The number of thiophene rings is 1. The first-order chi connectivity index (χ1) is 6.16. The minimum Gasteiger partial charge on any atom is -0.373 e. The molecule has 0 aliphatic rings. The zero-order valence-corrected chi connectivity index (χ0v) is 8.93. The molecule has 0 radical (unpaired) electrons. The highest BCUT2D eigenvalue weighted by Gasteiger charge is 2.23. The second kappa shape index (κ2) is 4.53. The van der Waals surface area contributed by atoms with Crippen molar-refractivity contribution >= 4 is 17.1 Å². The van der Waals surface area contributed by atoms with E-state index in [9.17, 15) is 4.79 Å². The monoisotopic (exact) mass is 198 g/mol. The molecule has 1 heterocycles. The Bertz CT molecular complexity index is 264. The molecule has 0 spiro atoms. The van der Waals surface area contributed by atoms with Crippen LogP contribution in [0.25, 0.3) is 0 Å². The Kier molecular flexibility index (Phi) is 3.63. The van der Waals surface area contributed by atoms with Gasteiger partial charge in [0.25, 0.3) is 0 Å². The number of methoxy groups -OCH3 is 1. The molecule has 0 saturated heterocycles. The van der Waals surface area contributed by atoms with Gasteiger partial charge in [-0.2, -0.15) is 0 Å². The number of ether oxygens (including phenoxy) is 1. The molecule has 0 saturated carbocycles. The molecule has 1 rings (SSSR count). The van der Waals surface area contributed by atoms with Crippen molar-refractivity contribution in [3.63, 3.8) is 0 Å². The molecule has 13 heavy (non-hydrogen) atoms. The molecule has 1 aromatic rings. The lowest BCUT2D eigenvalue weighted by Crippen LogP contribution is -2.27. The van der Waals surface area contributed by atoms with Crippen LogP contribution in [0.5, 0.6) is 0 Å². The van der Waals surface area contributed by atoms with Crippen molar-refractivity contribution in [1.29, 1.82) is 0 Å². The van der Waals surface area contributed by atoms with Crippen LogP contribution in [0.1, 0.15) is 23.5 Å². The minimum atomic E-state index is -0.307. The molecule has 3 heteroatoms. The van der Waals surface area contributed by atoms with E-state index in [1.807, 2.05) is 31.4 Å². The molecule has 72 valence electrons. The van der Waals surface area contributed by atoms with Crippen molar-refractivity contribution in [2.24, 2.45) is 5.92 Å². The molecule has 1 unspecified atom stereocenters. The van der Waals surface area contributed by atoms with Gasteiger partial charge in [0.15, 0.2) is 0 Å². The number of Topliss-reactive ketones (excluding diaryl/α,β-unsaturated/α-hetero) is 1. The largest absolute Gasteiger partial charge is 0.373 e. The molecule has 0 bridgehead atoms. The summed E-state index contributed by atoms with van der Waals surface area (Å²) >= 11 is 1.46. The topological polar surface area (TPSA) is 26.3 Å². The van der Waals surface area contributed by atoms with Crippen LogP contribution in [-0.4, -0.2) is 19.0 Å². The van der Waals surface area contributed by atoms with Crippen LogP contribution in [0, 0.1) is 5.92 Å². The zero-order valence-electron chi connectivity index (χ0n) is 8.11. The number of ketones is 1. The van der Waals surface area contributed by atoms with Gasteiger partial charge in [0.05, 0.1) is 4.88 Å². The molecule has 0 aromatic carbocycles. The molecule has 0 N–H and O–H groups in total. The maximum atomic E-state index is 11.8. The summed E-state index contributed by atoms with van der Waals surface area (Å²) in [5.74, 6) is 0.312.